The molecule has 0 heterocycles. The Morgan fingerprint density at radius 2 is 2.14 bits per heavy atom. The lowest BCUT2D eigenvalue weighted by atomic mass is 9.66. The Morgan fingerprint density at radius 1 is 1.50 bits per heavy atom. The molecule has 3 nitrogen and oxygen atoms in total. The topological polar surface area (TPSA) is 55.1 Å². The molecule has 1 fully saturated rings. The van der Waals surface area contributed by atoms with E-state index in [1.54, 1.807) is 0 Å². The maximum atomic E-state index is 11.8. The van der Waals surface area contributed by atoms with Crippen LogP contribution in [0.15, 0.2) is 0 Å². The molecule has 3 N–H and O–H groups in total. The molecule has 0 saturated heterocycles. The van der Waals surface area contributed by atoms with E-state index in [2.05, 4.69) is 5.32 Å². The SMILES string of the molecule is NCC1(CC(=O)NCC(F)F)CCC1. The van der Waals surface area contributed by atoms with Crippen LogP contribution >= 0.6 is 0 Å². The zero-order valence-corrected chi connectivity index (χ0v) is 8.06. The highest BCUT2D eigenvalue weighted by molar-refractivity contribution is 5.76. The zero-order valence-electron chi connectivity index (χ0n) is 8.06. The van der Waals surface area contributed by atoms with Crippen LogP contribution in [0.25, 0.3) is 0 Å². The average Bonchev–Trinajstić information content (AvgIpc) is 2.08. The molecule has 14 heavy (non-hydrogen) atoms. The fraction of sp³-hybridized carbons (Fsp3) is 0.889. The Morgan fingerprint density at radius 3 is 2.50 bits per heavy atom. The lowest BCUT2D eigenvalue weighted by Gasteiger charge is -2.40. The van der Waals surface area contributed by atoms with Gasteiger partial charge in [-0.05, 0) is 24.8 Å². The summed E-state index contributed by atoms with van der Waals surface area (Å²) in [5.74, 6) is -0.310. The summed E-state index contributed by atoms with van der Waals surface area (Å²) in [7, 11) is 0. The number of halogens is 2. The molecular formula is C9H16F2N2O. The van der Waals surface area contributed by atoms with Crippen LogP contribution in [0, 0.1) is 5.41 Å². The maximum absolute atomic E-state index is 11.8. The first kappa shape index (κ1) is 11.4. The van der Waals surface area contributed by atoms with Crippen LogP contribution in [-0.2, 0) is 4.79 Å². The van der Waals surface area contributed by atoms with Crippen molar-refractivity contribution in [3.05, 3.63) is 0 Å². The number of amides is 1. The van der Waals surface area contributed by atoms with Gasteiger partial charge >= 0.3 is 0 Å². The molecule has 0 atom stereocenters. The molecule has 0 radical (unpaired) electrons. The number of nitrogens with two attached hydrogens (primary N) is 1. The Hall–Kier alpha value is -0.710. The van der Waals surface area contributed by atoms with Crippen LogP contribution in [-0.4, -0.2) is 25.4 Å². The third-order valence-corrected chi connectivity index (χ3v) is 2.84. The maximum Gasteiger partial charge on any atom is 0.255 e. The Labute approximate surface area is 82.0 Å². The van der Waals surface area contributed by atoms with Gasteiger partial charge in [0.2, 0.25) is 5.91 Å². The second kappa shape index (κ2) is 4.68. The van der Waals surface area contributed by atoms with Crippen molar-refractivity contribution >= 4 is 5.91 Å². The molecule has 0 unspecified atom stereocenters. The predicted octanol–water partition coefficient (Wildman–Crippen LogP) is 0.887. The highest BCUT2D eigenvalue weighted by Gasteiger charge is 2.37. The van der Waals surface area contributed by atoms with Crippen molar-refractivity contribution in [2.24, 2.45) is 11.1 Å². The number of carbonyl (C=O) groups excluding carboxylic acids is 1. The Balaban J connectivity index is 2.25. The summed E-state index contributed by atoms with van der Waals surface area (Å²) in [4.78, 5) is 11.2. The molecule has 0 aromatic carbocycles. The number of nitrogens with one attached hydrogen (secondary N) is 1. The Kier molecular flexibility index (Phi) is 3.80. The highest BCUT2D eigenvalue weighted by Crippen LogP contribution is 2.42. The van der Waals surface area contributed by atoms with Crippen molar-refractivity contribution in [2.45, 2.75) is 32.1 Å². The van der Waals surface area contributed by atoms with Crippen molar-refractivity contribution < 1.29 is 13.6 Å². The van der Waals surface area contributed by atoms with Gasteiger partial charge in [-0.3, -0.25) is 4.79 Å². The molecule has 1 saturated carbocycles. The number of hydrogen-bond acceptors (Lipinski definition) is 2. The summed E-state index contributed by atoms with van der Waals surface area (Å²) in [5.41, 5.74) is 5.44. The molecule has 0 aromatic heterocycles. The highest BCUT2D eigenvalue weighted by atomic mass is 19.3. The Bertz CT molecular complexity index is 199. The average molecular weight is 206 g/mol. The van der Waals surface area contributed by atoms with Gasteiger partial charge in [-0.25, -0.2) is 8.78 Å². The molecule has 0 spiro atoms. The van der Waals surface area contributed by atoms with Gasteiger partial charge in [0.05, 0.1) is 6.54 Å². The van der Waals surface area contributed by atoms with Crippen LogP contribution in [0.5, 0.6) is 0 Å². The fourth-order valence-corrected chi connectivity index (χ4v) is 1.72. The smallest absolute Gasteiger partial charge is 0.255 e. The quantitative estimate of drug-likeness (QED) is 0.701. The largest absolute Gasteiger partial charge is 0.350 e. The van der Waals surface area contributed by atoms with Gasteiger partial charge in [-0.15, -0.1) is 0 Å². The van der Waals surface area contributed by atoms with Crippen molar-refractivity contribution in [1.29, 1.82) is 0 Å². The first-order valence-electron chi connectivity index (χ1n) is 4.83. The molecule has 1 rings (SSSR count). The van der Waals surface area contributed by atoms with E-state index in [0.717, 1.165) is 19.3 Å². The molecule has 0 aliphatic heterocycles. The number of rotatable bonds is 5. The molecule has 1 aliphatic rings. The monoisotopic (exact) mass is 206 g/mol. The second-order valence-corrected chi connectivity index (χ2v) is 3.93. The summed E-state index contributed by atoms with van der Waals surface area (Å²) >= 11 is 0. The van der Waals surface area contributed by atoms with Gasteiger partial charge in [0, 0.05) is 6.42 Å². The minimum Gasteiger partial charge on any atom is -0.350 e. The van der Waals surface area contributed by atoms with Crippen LogP contribution in [0.3, 0.4) is 0 Å². The van der Waals surface area contributed by atoms with Gasteiger partial charge in [0.15, 0.2) is 0 Å². The third kappa shape index (κ3) is 2.90. The van der Waals surface area contributed by atoms with Crippen LogP contribution < -0.4 is 11.1 Å². The van der Waals surface area contributed by atoms with E-state index in [1.807, 2.05) is 0 Å². The van der Waals surface area contributed by atoms with Gasteiger partial charge in [-0.2, -0.15) is 0 Å². The van der Waals surface area contributed by atoms with Gasteiger partial charge in [-0.1, -0.05) is 6.42 Å². The van der Waals surface area contributed by atoms with Crippen LogP contribution in [0.2, 0.25) is 0 Å². The molecular weight excluding hydrogens is 190 g/mol. The minimum absolute atomic E-state index is 0.105. The standard InChI is InChI=1S/C9H16F2N2O/c10-7(11)5-13-8(14)4-9(6-12)2-1-3-9/h7H,1-6,12H2,(H,13,14). The van der Waals surface area contributed by atoms with Gasteiger partial charge < -0.3 is 11.1 Å². The van der Waals surface area contributed by atoms with Gasteiger partial charge in [0.25, 0.3) is 6.43 Å². The number of hydrogen-bond donors (Lipinski definition) is 2. The van der Waals surface area contributed by atoms with Crippen LogP contribution in [0.1, 0.15) is 25.7 Å². The van der Waals surface area contributed by atoms with E-state index in [0.29, 0.717) is 6.54 Å². The molecule has 5 heteroatoms. The third-order valence-electron chi connectivity index (χ3n) is 2.84. The first-order chi connectivity index (χ1) is 6.58. The fourth-order valence-electron chi connectivity index (χ4n) is 1.72. The lowest BCUT2D eigenvalue weighted by Crippen LogP contribution is -2.42. The first-order valence-corrected chi connectivity index (χ1v) is 4.83. The second-order valence-electron chi connectivity index (χ2n) is 3.93. The lowest BCUT2D eigenvalue weighted by molar-refractivity contribution is -0.125. The molecule has 0 bridgehead atoms. The van der Waals surface area contributed by atoms with E-state index >= 15 is 0 Å². The van der Waals surface area contributed by atoms with Crippen molar-refractivity contribution in [3.63, 3.8) is 0 Å². The summed E-state index contributed by atoms with van der Waals surface area (Å²) in [6.07, 6.45) is 0.765. The van der Waals surface area contributed by atoms with Crippen molar-refractivity contribution in [2.75, 3.05) is 13.1 Å². The van der Waals surface area contributed by atoms with Gasteiger partial charge in [0.1, 0.15) is 0 Å². The van der Waals surface area contributed by atoms with E-state index < -0.39 is 13.0 Å². The molecule has 0 aromatic rings. The summed E-state index contributed by atoms with van der Waals surface area (Å²) in [5, 5.41) is 2.20. The van der Waals surface area contributed by atoms with E-state index in [-0.39, 0.29) is 17.7 Å². The summed E-state index contributed by atoms with van der Waals surface area (Å²) in [6.45, 7) is -0.0887. The van der Waals surface area contributed by atoms with E-state index in [9.17, 15) is 13.6 Å². The minimum atomic E-state index is -2.48. The molecule has 1 amide bonds. The number of alkyl halides is 2. The van der Waals surface area contributed by atoms with Crippen molar-refractivity contribution in [1.82, 2.24) is 5.32 Å². The number of carbonyl (C=O) groups is 1. The molecule has 82 valence electrons. The zero-order chi connectivity index (χ0) is 10.6. The summed E-state index contributed by atoms with van der Waals surface area (Å²) < 4.78 is 23.5. The van der Waals surface area contributed by atoms with Crippen molar-refractivity contribution in [3.8, 4) is 0 Å². The normalized spacial score (nSPS) is 19.1. The summed E-state index contributed by atoms with van der Waals surface area (Å²) in [6, 6.07) is 0. The van der Waals surface area contributed by atoms with E-state index in [1.165, 1.54) is 0 Å². The molecule has 1 aliphatic carbocycles. The predicted molar refractivity (Wildman–Crippen MR) is 49.0 cm³/mol. The van der Waals surface area contributed by atoms with E-state index in [4.69, 9.17) is 5.73 Å². The van der Waals surface area contributed by atoms with Crippen LogP contribution in [0.4, 0.5) is 8.78 Å².